The van der Waals surface area contributed by atoms with Gasteiger partial charge in [0.15, 0.2) is 0 Å². The van der Waals surface area contributed by atoms with Crippen LogP contribution in [0.3, 0.4) is 0 Å². The lowest BCUT2D eigenvalue weighted by atomic mass is 10.1. The molecule has 2 N–H and O–H groups in total. The molecule has 0 heterocycles. The molecule has 5 heteroatoms. The predicted molar refractivity (Wildman–Crippen MR) is 70.8 cm³/mol. The lowest BCUT2D eigenvalue weighted by molar-refractivity contribution is -0.119. The van der Waals surface area contributed by atoms with Crippen LogP contribution in [0, 0.1) is 15.3 Å². The molecular formula is C11H14FIN2O. The molecule has 0 saturated carbocycles. The SMILES string of the molecule is CNCC(C)C(=O)Nc1ccc(F)cc1I. The van der Waals surface area contributed by atoms with Crippen LogP contribution in [0.5, 0.6) is 0 Å². The summed E-state index contributed by atoms with van der Waals surface area (Å²) in [5.41, 5.74) is 0.648. The van der Waals surface area contributed by atoms with Crippen molar-refractivity contribution in [3.05, 3.63) is 27.6 Å². The lowest BCUT2D eigenvalue weighted by Crippen LogP contribution is -2.28. The Kier molecular flexibility index (Phi) is 5.14. The summed E-state index contributed by atoms with van der Waals surface area (Å²) in [4.78, 5) is 11.7. The summed E-state index contributed by atoms with van der Waals surface area (Å²) in [6.45, 7) is 2.45. The first-order valence-electron chi connectivity index (χ1n) is 4.95. The van der Waals surface area contributed by atoms with Crippen LogP contribution in [0.4, 0.5) is 10.1 Å². The maximum Gasteiger partial charge on any atom is 0.228 e. The van der Waals surface area contributed by atoms with E-state index in [0.717, 1.165) is 0 Å². The molecule has 0 fully saturated rings. The monoisotopic (exact) mass is 336 g/mol. The van der Waals surface area contributed by atoms with Crippen LogP contribution in [0.1, 0.15) is 6.92 Å². The minimum atomic E-state index is -0.300. The number of carbonyl (C=O) groups is 1. The van der Waals surface area contributed by atoms with Gasteiger partial charge in [0.05, 0.1) is 5.69 Å². The van der Waals surface area contributed by atoms with Crippen molar-refractivity contribution < 1.29 is 9.18 Å². The van der Waals surface area contributed by atoms with Gasteiger partial charge in [0, 0.05) is 16.0 Å². The summed E-state index contributed by atoms with van der Waals surface area (Å²) in [6.07, 6.45) is 0. The first kappa shape index (κ1) is 13.4. The van der Waals surface area contributed by atoms with Crippen molar-refractivity contribution >= 4 is 34.2 Å². The van der Waals surface area contributed by atoms with Crippen molar-refractivity contribution in [3.8, 4) is 0 Å². The third-order valence-electron chi connectivity index (χ3n) is 2.15. The van der Waals surface area contributed by atoms with Crippen LogP contribution in [0.15, 0.2) is 18.2 Å². The van der Waals surface area contributed by atoms with Crippen LogP contribution in [0.25, 0.3) is 0 Å². The Labute approximate surface area is 108 Å². The zero-order chi connectivity index (χ0) is 12.1. The fourth-order valence-corrected chi connectivity index (χ4v) is 1.86. The van der Waals surface area contributed by atoms with Gasteiger partial charge in [-0.1, -0.05) is 6.92 Å². The van der Waals surface area contributed by atoms with E-state index in [9.17, 15) is 9.18 Å². The van der Waals surface area contributed by atoms with Gasteiger partial charge < -0.3 is 10.6 Å². The Hall–Kier alpha value is -0.690. The van der Waals surface area contributed by atoms with Gasteiger partial charge in [-0.25, -0.2) is 4.39 Å². The lowest BCUT2D eigenvalue weighted by Gasteiger charge is -2.12. The van der Waals surface area contributed by atoms with Crippen molar-refractivity contribution in [3.63, 3.8) is 0 Å². The van der Waals surface area contributed by atoms with Gasteiger partial charge in [0.1, 0.15) is 5.82 Å². The molecule has 0 bridgehead atoms. The molecule has 0 aliphatic heterocycles. The highest BCUT2D eigenvalue weighted by Crippen LogP contribution is 2.19. The minimum Gasteiger partial charge on any atom is -0.325 e. The van der Waals surface area contributed by atoms with Gasteiger partial charge in [-0.3, -0.25) is 4.79 Å². The fourth-order valence-electron chi connectivity index (χ4n) is 1.25. The number of rotatable bonds is 4. The molecule has 1 aromatic rings. The molecule has 0 aromatic heterocycles. The number of benzene rings is 1. The van der Waals surface area contributed by atoms with Crippen molar-refractivity contribution in [1.29, 1.82) is 0 Å². The summed E-state index contributed by atoms with van der Waals surface area (Å²) in [6, 6.07) is 4.29. The van der Waals surface area contributed by atoms with E-state index in [1.54, 1.807) is 13.1 Å². The molecule has 3 nitrogen and oxygen atoms in total. The molecule has 0 aliphatic rings. The van der Waals surface area contributed by atoms with E-state index in [0.29, 0.717) is 15.8 Å². The highest BCUT2D eigenvalue weighted by molar-refractivity contribution is 14.1. The Morgan fingerprint density at radius 1 is 1.56 bits per heavy atom. The van der Waals surface area contributed by atoms with Crippen LogP contribution in [0.2, 0.25) is 0 Å². The molecule has 1 aromatic carbocycles. The normalized spacial score (nSPS) is 12.2. The number of amides is 1. The molecule has 1 atom stereocenters. The van der Waals surface area contributed by atoms with Crippen molar-refractivity contribution in [1.82, 2.24) is 5.32 Å². The number of hydrogen-bond acceptors (Lipinski definition) is 2. The maximum atomic E-state index is 12.8. The van der Waals surface area contributed by atoms with E-state index < -0.39 is 0 Å². The minimum absolute atomic E-state index is 0.0705. The number of halogens is 2. The standard InChI is InChI=1S/C11H14FIN2O/c1-7(6-14-2)11(16)15-10-4-3-8(12)5-9(10)13/h3-5,7,14H,6H2,1-2H3,(H,15,16). The molecule has 0 aliphatic carbocycles. The van der Waals surface area contributed by atoms with Crippen molar-refractivity contribution in [2.24, 2.45) is 5.92 Å². The highest BCUT2D eigenvalue weighted by atomic mass is 127. The fraction of sp³-hybridized carbons (Fsp3) is 0.364. The molecule has 16 heavy (non-hydrogen) atoms. The average Bonchev–Trinajstić information content (AvgIpc) is 2.22. The Morgan fingerprint density at radius 2 is 2.25 bits per heavy atom. The molecule has 0 saturated heterocycles. The first-order chi connectivity index (χ1) is 7.54. The van der Waals surface area contributed by atoms with Crippen molar-refractivity contribution in [2.45, 2.75) is 6.92 Å². The Balaban J connectivity index is 2.69. The van der Waals surface area contributed by atoms with E-state index in [-0.39, 0.29) is 17.6 Å². The van der Waals surface area contributed by atoms with Crippen LogP contribution in [-0.4, -0.2) is 19.5 Å². The number of anilines is 1. The quantitative estimate of drug-likeness (QED) is 0.828. The first-order valence-corrected chi connectivity index (χ1v) is 6.03. The van der Waals surface area contributed by atoms with Crippen molar-refractivity contribution in [2.75, 3.05) is 18.9 Å². The van der Waals surface area contributed by atoms with E-state index in [1.165, 1.54) is 12.1 Å². The smallest absolute Gasteiger partial charge is 0.228 e. The van der Waals surface area contributed by atoms with Gasteiger partial charge in [-0.2, -0.15) is 0 Å². The largest absolute Gasteiger partial charge is 0.325 e. The van der Waals surface area contributed by atoms with Gasteiger partial charge >= 0.3 is 0 Å². The Bertz CT molecular complexity index is 384. The van der Waals surface area contributed by atoms with E-state index in [4.69, 9.17) is 0 Å². The molecule has 1 unspecified atom stereocenters. The number of carbonyl (C=O) groups excluding carboxylic acids is 1. The average molecular weight is 336 g/mol. The second-order valence-corrected chi connectivity index (χ2v) is 4.73. The van der Waals surface area contributed by atoms with E-state index in [2.05, 4.69) is 10.6 Å². The van der Waals surface area contributed by atoms with E-state index >= 15 is 0 Å². The Morgan fingerprint density at radius 3 is 2.81 bits per heavy atom. The number of nitrogens with one attached hydrogen (secondary N) is 2. The summed E-state index contributed by atoms with van der Waals surface area (Å²) in [5, 5.41) is 5.70. The van der Waals surface area contributed by atoms with Gasteiger partial charge in [-0.15, -0.1) is 0 Å². The molecular weight excluding hydrogens is 322 g/mol. The maximum absolute atomic E-state index is 12.8. The highest BCUT2D eigenvalue weighted by Gasteiger charge is 2.13. The van der Waals surface area contributed by atoms with Crippen LogP contribution >= 0.6 is 22.6 Å². The summed E-state index contributed by atoms with van der Waals surface area (Å²) < 4.78 is 13.5. The van der Waals surface area contributed by atoms with Crippen LogP contribution in [-0.2, 0) is 4.79 Å². The molecule has 0 spiro atoms. The summed E-state index contributed by atoms with van der Waals surface area (Å²) >= 11 is 1.99. The van der Waals surface area contributed by atoms with Gasteiger partial charge in [0.25, 0.3) is 0 Å². The molecule has 0 radical (unpaired) electrons. The zero-order valence-corrected chi connectivity index (χ0v) is 11.3. The van der Waals surface area contributed by atoms with Crippen LogP contribution < -0.4 is 10.6 Å². The summed E-state index contributed by atoms with van der Waals surface area (Å²) in [7, 11) is 1.80. The third kappa shape index (κ3) is 3.71. The van der Waals surface area contributed by atoms with Gasteiger partial charge in [-0.05, 0) is 47.8 Å². The summed E-state index contributed by atoms with van der Waals surface area (Å²) in [5.74, 6) is -0.490. The van der Waals surface area contributed by atoms with E-state index in [1.807, 2.05) is 29.5 Å². The topological polar surface area (TPSA) is 41.1 Å². The third-order valence-corrected chi connectivity index (χ3v) is 3.04. The predicted octanol–water partition coefficient (Wildman–Crippen LogP) is 2.22. The number of hydrogen-bond donors (Lipinski definition) is 2. The zero-order valence-electron chi connectivity index (χ0n) is 9.18. The molecule has 1 amide bonds. The molecule has 1 rings (SSSR count). The molecule has 88 valence electrons. The second kappa shape index (κ2) is 6.15. The second-order valence-electron chi connectivity index (χ2n) is 3.57. The van der Waals surface area contributed by atoms with Gasteiger partial charge in [0.2, 0.25) is 5.91 Å².